The van der Waals surface area contributed by atoms with Crippen LogP contribution in [0.3, 0.4) is 0 Å². The molecule has 0 fully saturated rings. The molecular formula is C18H24N2O4. The Morgan fingerprint density at radius 2 is 2.08 bits per heavy atom. The first-order valence-electron chi connectivity index (χ1n) is 7.98. The molecule has 1 amide bonds. The number of nitrogens with zero attached hydrogens (tertiary/aromatic N) is 1. The van der Waals surface area contributed by atoms with Gasteiger partial charge in [0.05, 0.1) is 12.5 Å². The number of benzene rings is 1. The minimum Gasteiger partial charge on any atom is -0.491 e. The Morgan fingerprint density at radius 1 is 1.33 bits per heavy atom. The third-order valence-corrected chi connectivity index (χ3v) is 3.52. The average Bonchev–Trinajstić information content (AvgIpc) is 3.06. The van der Waals surface area contributed by atoms with Crippen LogP contribution in [0, 0.1) is 0 Å². The minimum atomic E-state index is -0.591. The van der Waals surface area contributed by atoms with Crippen molar-refractivity contribution in [3.8, 4) is 5.75 Å². The average molecular weight is 332 g/mol. The van der Waals surface area contributed by atoms with Gasteiger partial charge >= 0.3 is 0 Å². The highest BCUT2D eigenvalue weighted by atomic mass is 16.5. The Labute approximate surface area is 142 Å². The molecule has 1 aromatic carbocycles. The molecule has 6 nitrogen and oxygen atoms in total. The molecule has 0 radical (unpaired) electrons. The van der Waals surface area contributed by atoms with E-state index in [1.807, 2.05) is 6.07 Å². The van der Waals surface area contributed by atoms with E-state index in [0.29, 0.717) is 18.0 Å². The zero-order valence-electron chi connectivity index (χ0n) is 14.1. The van der Waals surface area contributed by atoms with E-state index >= 15 is 0 Å². The highest BCUT2D eigenvalue weighted by Gasteiger charge is 2.12. The molecule has 0 bridgehead atoms. The van der Waals surface area contributed by atoms with Crippen LogP contribution in [0.1, 0.15) is 19.4 Å². The first-order chi connectivity index (χ1) is 11.6. The predicted molar refractivity (Wildman–Crippen MR) is 91.9 cm³/mol. The van der Waals surface area contributed by atoms with Crippen molar-refractivity contribution >= 4 is 11.6 Å². The molecule has 2 aromatic rings. The molecule has 6 heteroatoms. The van der Waals surface area contributed by atoms with Gasteiger partial charge in [-0.3, -0.25) is 9.69 Å². The molecule has 0 aliphatic carbocycles. The molecule has 2 rings (SSSR count). The summed E-state index contributed by atoms with van der Waals surface area (Å²) in [5.74, 6) is 0.539. The second-order valence-corrected chi connectivity index (χ2v) is 5.63. The summed E-state index contributed by atoms with van der Waals surface area (Å²) in [6.45, 7) is 5.80. The van der Waals surface area contributed by atoms with E-state index in [2.05, 4.69) is 17.1 Å². The molecule has 24 heavy (non-hydrogen) atoms. The maximum Gasteiger partial charge on any atom is 0.221 e. The van der Waals surface area contributed by atoms with E-state index in [0.717, 1.165) is 18.7 Å². The monoisotopic (exact) mass is 332 g/mol. The summed E-state index contributed by atoms with van der Waals surface area (Å²) in [5, 5.41) is 12.9. The summed E-state index contributed by atoms with van der Waals surface area (Å²) in [7, 11) is 0. The van der Waals surface area contributed by atoms with Crippen molar-refractivity contribution in [2.75, 3.05) is 25.0 Å². The number of aliphatic hydroxyl groups excluding tert-OH is 1. The Morgan fingerprint density at radius 3 is 2.67 bits per heavy atom. The van der Waals surface area contributed by atoms with E-state index in [4.69, 9.17) is 9.15 Å². The number of rotatable bonds is 9. The first-order valence-corrected chi connectivity index (χ1v) is 7.98. The van der Waals surface area contributed by atoms with Gasteiger partial charge in [-0.2, -0.15) is 0 Å². The highest BCUT2D eigenvalue weighted by Crippen LogP contribution is 2.16. The summed E-state index contributed by atoms with van der Waals surface area (Å²) in [6, 6.07) is 8.98. The van der Waals surface area contributed by atoms with E-state index in [-0.39, 0.29) is 12.5 Å². The predicted octanol–water partition coefficient (Wildman–Crippen LogP) is 2.50. The van der Waals surface area contributed by atoms with Gasteiger partial charge in [0.15, 0.2) is 0 Å². The maximum absolute atomic E-state index is 11.0. The maximum atomic E-state index is 11.0. The molecule has 2 N–H and O–H groups in total. The zero-order valence-corrected chi connectivity index (χ0v) is 14.1. The van der Waals surface area contributed by atoms with Crippen LogP contribution >= 0.6 is 0 Å². The Balaban J connectivity index is 1.77. The summed E-state index contributed by atoms with van der Waals surface area (Å²) in [6.07, 6.45) is 2.77. The van der Waals surface area contributed by atoms with E-state index in [1.165, 1.54) is 6.92 Å². The third-order valence-electron chi connectivity index (χ3n) is 3.52. The van der Waals surface area contributed by atoms with Crippen LogP contribution in [0.4, 0.5) is 5.69 Å². The van der Waals surface area contributed by atoms with Crippen molar-refractivity contribution in [3.63, 3.8) is 0 Å². The third kappa shape index (κ3) is 6.06. The fourth-order valence-electron chi connectivity index (χ4n) is 2.33. The molecule has 1 atom stereocenters. The number of carbonyl (C=O) groups excluding carboxylic acids is 1. The van der Waals surface area contributed by atoms with Crippen molar-refractivity contribution in [3.05, 3.63) is 48.4 Å². The number of likely N-dealkylation sites (N-methyl/N-ethyl adjacent to an activating group) is 1. The molecule has 0 aliphatic rings. The van der Waals surface area contributed by atoms with Crippen LogP contribution in [0.2, 0.25) is 0 Å². The quantitative estimate of drug-likeness (QED) is 0.738. The lowest BCUT2D eigenvalue weighted by Gasteiger charge is -2.23. The van der Waals surface area contributed by atoms with Crippen LogP contribution < -0.4 is 10.1 Å². The smallest absolute Gasteiger partial charge is 0.221 e. The fourth-order valence-corrected chi connectivity index (χ4v) is 2.33. The van der Waals surface area contributed by atoms with Gasteiger partial charge in [0.25, 0.3) is 0 Å². The number of amides is 1. The van der Waals surface area contributed by atoms with Crippen molar-refractivity contribution in [2.45, 2.75) is 26.5 Å². The van der Waals surface area contributed by atoms with Gasteiger partial charge in [0, 0.05) is 31.3 Å². The van der Waals surface area contributed by atoms with Gasteiger partial charge < -0.3 is 19.6 Å². The minimum absolute atomic E-state index is 0.114. The molecular weight excluding hydrogens is 308 g/mol. The lowest BCUT2D eigenvalue weighted by atomic mass is 10.2. The van der Waals surface area contributed by atoms with Crippen molar-refractivity contribution in [1.82, 2.24) is 4.90 Å². The number of furan rings is 1. The van der Waals surface area contributed by atoms with E-state index < -0.39 is 6.10 Å². The number of nitrogens with one attached hydrogen (secondary N) is 1. The number of hydrogen-bond acceptors (Lipinski definition) is 5. The molecule has 0 aliphatic heterocycles. The van der Waals surface area contributed by atoms with Gasteiger partial charge in [0.1, 0.15) is 18.5 Å². The number of ether oxygens (including phenoxy) is 1. The normalized spacial score (nSPS) is 12.2. The Hall–Kier alpha value is -2.31. The Bertz CT molecular complexity index is 610. The van der Waals surface area contributed by atoms with Gasteiger partial charge in [-0.05, 0) is 36.9 Å². The molecule has 1 unspecified atom stereocenters. The molecule has 130 valence electrons. The SMILES string of the molecule is CCN(Cc1ccoc1)CC(O)COc1ccc(NC(C)=O)cc1. The van der Waals surface area contributed by atoms with Gasteiger partial charge in [-0.25, -0.2) is 0 Å². The zero-order chi connectivity index (χ0) is 17.4. The van der Waals surface area contributed by atoms with Crippen LogP contribution in [-0.4, -0.2) is 41.7 Å². The lowest BCUT2D eigenvalue weighted by Crippen LogP contribution is -2.35. The lowest BCUT2D eigenvalue weighted by molar-refractivity contribution is -0.114. The second kappa shape index (κ2) is 9.10. The topological polar surface area (TPSA) is 74.9 Å². The molecule has 0 saturated heterocycles. The molecule has 1 heterocycles. The highest BCUT2D eigenvalue weighted by molar-refractivity contribution is 5.88. The number of aliphatic hydroxyl groups is 1. The fraction of sp³-hybridized carbons (Fsp3) is 0.389. The molecule has 0 saturated carbocycles. The van der Waals surface area contributed by atoms with Gasteiger partial charge in [-0.1, -0.05) is 6.92 Å². The van der Waals surface area contributed by atoms with Crippen LogP contribution in [-0.2, 0) is 11.3 Å². The van der Waals surface area contributed by atoms with Crippen molar-refractivity contribution < 1.29 is 19.1 Å². The van der Waals surface area contributed by atoms with Crippen molar-refractivity contribution in [2.24, 2.45) is 0 Å². The molecule has 0 spiro atoms. The summed E-state index contributed by atoms with van der Waals surface area (Å²) in [4.78, 5) is 13.1. The van der Waals surface area contributed by atoms with Crippen LogP contribution in [0.15, 0.2) is 47.3 Å². The van der Waals surface area contributed by atoms with E-state index in [9.17, 15) is 9.90 Å². The molecule has 1 aromatic heterocycles. The van der Waals surface area contributed by atoms with Crippen molar-refractivity contribution in [1.29, 1.82) is 0 Å². The number of hydrogen-bond donors (Lipinski definition) is 2. The van der Waals surface area contributed by atoms with Crippen LogP contribution in [0.25, 0.3) is 0 Å². The Kier molecular flexibility index (Phi) is 6.84. The first kappa shape index (κ1) is 18.0. The number of anilines is 1. The standard InChI is InChI=1S/C18H24N2O4/c1-3-20(10-15-8-9-23-12-15)11-17(22)13-24-18-6-4-16(5-7-18)19-14(2)21/h4-9,12,17,22H,3,10-11,13H2,1-2H3,(H,19,21). The van der Waals surface area contributed by atoms with Crippen LogP contribution in [0.5, 0.6) is 5.75 Å². The van der Waals surface area contributed by atoms with E-state index in [1.54, 1.807) is 36.8 Å². The summed E-state index contributed by atoms with van der Waals surface area (Å²) >= 11 is 0. The van der Waals surface area contributed by atoms with Gasteiger partial charge in [0.2, 0.25) is 5.91 Å². The summed E-state index contributed by atoms with van der Waals surface area (Å²) in [5.41, 5.74) is 1.80. The summed E-state index contributed by atoms with van der Waals surface area (Å²) < 4.78 is 10.7. The number of carbonyl (C=O) groups is 1. The largest absolute Gasteiger partial charge is 0.491 e. The van der Waals surface area contributed by atoms with Gasteiger partial charge in [-0.15, -0.1) is 0 Å². The second-order valence-electron chi connectivity index (χ2n) is 5.63.